The van der Waals surface area contributed by atoms with Gasteiger partial charge in [-0.25, -0.2) is 4.79 Å². The van der Waals surface area contributed by atoms with Gasteiger partial charge in [0.15, 0.2) is 11.5 Å². The Morgan fingerprint density at radius 3 is 2.62 bits per heavy atom. The van der Waals surface area contributed by atoms with Crippen molar-refractivity contribution in [1.29, 1.82) is 0 Å². The molecule has 0 aliphatic carbocycles. The second-order valence-corrected chi connectivity index (χ2v) is 7.29. The van der Waals surface area contributed by atoms with Crippen LogP contribution in [0.2, 0.25) is 0 Å². The number of aryl methyl sites for hydroxylation is 2. The Morgan fingerprint density at radius 2 is 1.84 bits per heavy atom. The Labute approximate surface area is 185 Å². The average molecular weight is 435 g/mol. The summed E-state index contributed by atoms with van der Waals surface area (Å²) < 4.78 is 12.5. The molecule has 3 amide bonds. The highest BCUT2D eigenvalue weighted by Gasteiger charge is 2.22. The zero-order chi connectivity index (χ0) is 22.5. The molecule has 1 aliphatic heterocycles. The van der Waals surface area contributed by atoms with E-state index in [1.54, 1.807) is 11.7 Å². The van der Waals surface area contributed by atoms with Crippen molar-refractivity contribution in [2.45, 2.75) is 19.9 Å². The molecule has 0 saturated heterocycles. The number of amides is 3. The first-order valence-corrected chi connectivity index (χ1v) is 10.4. The van der Waals surface area contributed by atoms with E-state index in [-0.39, 0.29) is 19.2 Å². The van der Waals surface area contributed by atoms with E-state index in [1.807, 2.05) is 55.5 Å². The molecule has 0 atom stereocenters. The Hall–Kier alpha value is -4.01. The maximum atomic E-state index is 12.5. The van der Waals surface area contributed by atoms with Gasteiger partial charge in [-0.1, -0.05) is 43.3 Å². The van der Waals surface area contributed by atoms with Crippen molar-refractivity contribution in [3.8, 4) is 22.6 Å². The summed E-state index contributed by atoms with van der Waals surface area (Å²) in [6.45, 7) is 2.45. The summed E-state index contributed by atoms with van der Waals surface area (Å²) in [4.78, 5) is 24.6. The van der Waals surface area contributed by atoms with Gasteiger partial charge >= 0.3 is 6.03 Å². The van der Waals surface area contributed by atoms with Crippen molar-refractivity contribution < 1.29 is 19.1 Å². The third-order valence-corrected chi connectivity index (χ3v) is 5.09. The van der Waals surface area contributed by atoms with Gasteiger partial charge in [-0.2, -0.15) is 5.10 Å². The highest BCUT2D eigenvalue weighted by molar-refractivity contribution is 5.95. The molecule has 2 aromatic carbocycles. The largest absolute Gasteiger partial charge is 0.454 e. The number of aromatic nitrogens is 2. The summed E-state index contributed by atoms with van der Waals surface area (Å²) in [6, 6.07) is 14.7. The van der Waals surface area contributed by atoms with E-state index in [1.165, 1.54) is 0 Å². The predicted octanol–water partition coefficient (Wildman–Crippen LogP) is 2.82. The monoisotopic (exact) mass is 435 g/mol. The maximum Gasteiger partial charge on any atom is 0.320 e. The summed E-state index contributed by atoms with van der Waals surface area (Å²) in [5.41, 5.74) is 3.48. The minimum Gasteiger partial charge on any atom is -0.454 e. The molecule has 1 aromatic heterocycles. The predicted molar refractivity (Wildman–Crippen MR) is 119 cm³/mol. The minimum absolute atomic E-state index is 0.142. The number of nitrogens with one attached hydrogen (secondary N) is 3. The van der Waals surface area contributed by atoms with Gasteiger partial charge < -0.3 is 20.1 Å². The van der Waals surface area contributed by atoms with E-state index in [0.717, 1.165) is 22.4 Å². The molecule has 0 radical (unpaired) electrons. The Morgan fingerprint density at radius 1 is 1.06 bits per heavy atom. The van der Waals surface area contributed by atoms with E-state index in [9.17, 15) is 9.59 Å². The highest BCUT2D eigenvalue weighted by atomic mass is 16.7. The molecular formula is C23H25N5O4. The van der Waals surface area contributed by atoms with Crippen LogP contribution in [0.25, 0.3) is 11.1 Å². The molecule has 3 aromatic rings. The summed E-state index contributed by atoms with van der Waals surface area (Å²) in [5.74, 6) is 1.59. The first kappa shape index (κ1) is 21.2. The topological polar surface area (TPSA) is 107 Å². The van der Waals surface area contributed by atoms with Gasteiger partial charge in [0.05, 0.1) is 12.2 Å². The summed E-state index contributed by atoms with van der Waals surface area (Å²) in [6.07, 6.45) is 0.683. The lowest BCUT2D eigenvalue weighted by Crippen LogP contribution is -2.39. The fourth-order valence-corrected chi connectivity index (χ4v) is 3.50. The summed E-state index contributed by atoms with van der Waals surface area (Å²) in [7, 11) is 1.76. The lowest BCUT2D eigenvalue weighted by atomic mass is 10.0. The van der Waals surface area contributed by atoms with Crippen LogP contribution < -0.4 is 25.4 Å². The van der Waals surface area contributed by atoms with Crippen molar-refractivity contribution in [3.63, 3.8) is 0 Å². The number of hydrogen-bond donors (Lipinski definition) is 3. The SMILES string of the molecule is CCc1nn(C)c(NC(=O)NCC(=O)NCc2ccccc2)c1-c1ccc2c(c1)OCO2. The van der Waals surface area contributed by atoms with Crippen molar-refractivity contribution in [1.82, 2.24) is 20.4 Å². The second kappa shape index (κ2) is 9.42. The number of hydrogen-bond acceptors (Lipinski definition) is 5. The van der Waals surface area contributed by atoms with Gasteiger partial charge in [0.2, 0.25) is 12.7 Å². The summed E-state index contributed by atoms with van der Waals surface area (Å²) in [5, 5.41) is 12.7. The van der Waals surface area contributed by atoms with Crippen LogP contribution in [0.15, 0.2) is 48.5 Å². The van der Waals surface area contributed by atoms with Crippen molar-refractivity contribution in [2.24, 2.45) is 7.05 Å². The number of urea groups is 1. The molecule has 32 heavy (non-hydrogen) atoms. The number of fused-ring (bicyclic) bond motifs is 1. The average Bonchev–Trinajstić information content (AvgIpc) is 3.40. The molecule has 1 aliphatic rings. The van der Waals surface area contributed by atoms with Crippen LogP contribution in [0.5, 0.6) is 11.5 Å². The molecule has 0 spiro atoms. The van der Waals surface area contributed by atoms with Crippen molar-refractivity contribution in [2.75, 3.05) is 18.7 Å². The van der Waals surface area contributed by atoms with Gasteiger partial charge in [-0.3, -0.25) is 14.8 Å². The molecule has 2 heterocycles. The molecule has 3 N–H and O–H groups in total. The van der Waals surface area contributed by atoms with Crippen LogP contribution in [-0.2, 0) is 24.8 Å². The van der Waals surface area contributed by atoms with Gasteiger partial charge in [-0.05, 0) is 29.7 Å². The van der Waals surface area contributed by atoms with Crippen LogP contribution in [0.4, 0.5) is 10.6 Å². The lowest BCUT2D eigenvalue weighted by molar-refractivity contribution is -0.120. The molecule has 0 unspecified atom stereocenters. The highest BCUT2D eigenvalue weighted by Crippen LogP contribution is 2.39. The molecule has 9 heteroatoms. The number of carbonyl (C=O) groups excluding carboxylic acids is 2. The smallest absolute Gasteiger partial charge is 0.320 e. The van der Waals surface area contributed by atoms with E-state index in [0.29, 0.717) is 30.3 Å². The second-order valence-electron chi connectivity index (χ2n) is 7.29. The van der Waals surface area contributed by atoms with Gasteiger partial charge in [0.1, 0.15) is 5.82 Å². The first-order chi connectivity index (χ1) is 15.5. The number of anilines is 1. The van der Waals surface area contributed by atoms with E-state index in [4.69, 9.17) is 9.47 Å². The first-order valence-electron chi connectivity index (χ1n) is 10.4. The molecule has 166 valence electrons. The number of ether oxygens (including phenoxy) is 2. The summed E-state index contributed by atoms with van der Waals surface area (Å²) >= 11 is 0. The maximum absolute atomic E-state index is 12.5. The Kier molecular flexibility index (Phi) is 6.25. The van der Waals surface area contributed by atoms with E-state index >= 15 is 0 Å². The van der Waals surface area contributed by atoms with Crippen LogP contribution in [0.1, 0.15) is 18.2 Å². The molecule has 0 saturated carbocycles. The Bertz CT molecular complexity index is 1130. The number of carbonyl (C=O) groups is 2. The third-order valence-electron chi connectivity index (χ3n) is 5.09. The van der Waals surface area contributed by atoms with E-state index < -0.39 is 6.03 Å². The van der Waals surface area contributed by atoms with Crippen LogP contribution >= 0.6 is 0 Å². The third kappa shape index (κ3) is 4.66. The fraction of sp³-hybridized carbons (Fsp3) is 0.261. The molecule has 0 fully saturated rings. The number of benzene rings is 2. The van der Waals surface area contributed by atoms with Gasteiger partial charge in [0, 0.05) is 19.2 Å². The lowest BCUT2D eigenvalue weighted by Gasteiger charge is -2.11. The molecule has 4 rings (SSSR count). The number of nitrogens with zero attached hydrogens (tertiary/aromatic N) is 2. The fourth-order valence-electron chi connectivity index (χ4n) is 3.50. The number of rotatable bonds is 7. The Balaban J connectivity index is 1.42. The molecule has 0 bridgehead atoms. The van der Waals surface area contributed by atoms with Crippen LogP contribution in [0.3, 0.4) is 0 Å². The minimum atomic E-state index is -0.493. The standard InChI is InChI=1S/C23H25N5O4/c1-3-17-21(16-9-10-18-19(11-16)32-14-31-18)22(28(2)27-17)26-23(30)25-13-20(29)24-12-15-7-5-4-6-8-15/h4-11H,3,12-14H2,1-2H3,(H,24,29)(H2,25,26,30). The molecular weight excluding hydrogens is 410 g/mol. The zero-order valence-corrected chi connectivity index (χ0v) is 18.0. The van der Waals surface area contributed by atoms with Crippen LogP contribution in [0, 0.1) is 0 Å². The zero-order valence-electron chi connectivity index (χ0n) is 18.0. The van der Waals surface area contributed by atoms with Crippen molar-refractivity contribution in [3.05, 3.63) is 59.8 Å². The molecule has 9 nitrogen and oxygen atoms in total. The van der Waals surface area contributed by atoms with Crippen LogP contribution in [-0.4, -0.2) is 35.1 Å². The van der Waals surface area contributed by atoms with Gasteiger partial charge in [0.25, 0.3) is 0 Å². The quantitative estimate of drug-likeness (QED) is 0.529. The normalized spacial score (nSPS) is 11.8. The van der Waals surface area contributed by atoms with Gasteiger partial charge in [-0.15, -0.1) is 0 Å². The van der Waals surface area contributed by atoms with E-state index in [2.05, 4.69) is 21.0 Å². The van der Waals surface area contributed by atoms with Crippen molar-refractivity contribution >= 4 is 17.8 Å².